The van der Waals surface area contributed by atoms with Crippen molar-refractivity contribution in [2.45, 2.75) is 43.7 Å². The SMILES string of the molecule is [C-]#[N+]C[C@H]1CN(c2nc(CCc3cnccc3S(=O)(=O)Cl)nc3c2CCN(c2cccc4cccc(Cl)c24)C3)CCN1C(C)=O. The van der Waals surface area contributed by atoms with Crippen LogP contribution in [-0.4, -0.2) is 72.9 Å². The molecule has 0 unspecified atom stereocenters. The van der Waals surface area contributed by atoms with Crippen LogP contribution in [0, 0.1) is 6.57 Å². The van der Waals surface area contributed by atoms with Crippen LogP contribution in [0.25, 0.3) is 15.6 Å². The lowest BCUT2D eigenvalue weighted by Crippen LogP contribution is -2.56. The van der Waals surface area contributed by atoms with Crippen LogP contribution in [-0.2, 0) is 39.7 Å². The fraction of sp³-hybridized carbons (Fsp3) is 0.344. The minimum atomic E-state index is -3.95. The van der Waals surface area contributed by atoms with Gasteiger partial charge in [-0.15, -0.1) is 0 Å². The van der Waals surface area contributed by atoms with Crippen LogP contribution in [0.5, 0.6) is 0 Å². The van der Waals surface area contributed by atoms with Gasteiger partial charge in [-0.3, -0.25) is 9.78 Å². The molecule has 1 saturated heterocycles. The Balaban J connectivity index is 1.38. The van der Waals surface area contributed by atoms with Crippen LogP contribution < -0.4 is 9.80 Å². The quantitative estimate of drug-likeness (QED) is 0.203. The highest BCUT2D eigenvalue weighted by Gasteiger charge is 2.34. The number of rotatable bonds is 7. The maximum Gasteiger partial charge on any atom is 0.261 e. The van der Waals surface area contributed by atoms with Gasteiger partial charge in [0.15, 0.2) is 0 Å². The summed E-state index contributed by atoms with van der Waals surface area (Å²) in [6.45, 7) is 12.1. The normalized spacial score (nSPS) is 16.8. The van der Waals surface area contributed by atoms with E-state index in [1.54, 1.807) is 11.8 Å². The van der Waals surface area contributed by atoms with Crippen molar-refractivity contribution in [3.05, 3.63) is 93.9 Å². The Morgan fingerprint density at radius 2 is 1.87 bits per heavy atom. The molecule has 0 spiro atoms. The van der Waals surface area contributed by atoms with E-state index in [1.165, 1.54) is 18.5 Å². The van der Waals surface area contributed by atoms with E-state index in [-0.39, 0.29) is 23.4 Å². The number of hydrogen-bond acceptors (Lipinski definition) is 8. The monoisotopic (exact) mass is 663 g/mol. The van der Waals surface area contributed by atoms with Crippen molar-refractivity contribution >= 4 is 59.5 Å². The van der Waals surface area contributed by atoms with Crippen molar-refractivity contribution in [1.29, 1.82) is 0 Å². The smallest absolute Gasteiger partial charge is 0.261 e. The molecular formula is C32H31Cl2N7O3S. The zero-order chi connectivity index (χ0) is 31.7. The summed E-state index contributed by atoms with van der Waals surface area (Å²) in [4.78, 5) is 36.3. The first-order valence-electron chi connectivity index (χ1n) is 14.7. The summed E-state index contributed by atoms with van der Waals surface area (Å²) in [5.41, 5.74) is 3.46. The fourth-order valence-corrected chi connectivity index (χ4v) is 7.81. The van der Waals surface area contributed by atoms with E-state index >= 15 is 0 Å². The first-order chi connectivity index (χ1) is 21.6. The summed E-state index contributed by atoms with van der Waals surface area (Å²) >= 11 is 6.69. The number of hydrogen-bond donors (Lipinski definition) is 0. The van der Waals surface area contributed by atoms with Gasteiger partial charge in [0, 0.05) is 79.2 Å². The summed E-state index contributed by atoms with van der Waals surface area (Å²) in [5.74, 6) is 1.33. The number of piperazine rings is 1. The van der Waals surface area contributed by atoms with Gasteiger partial charge in [0.2, 0.25) is 12.5 Å². The summed E-state index contributed by atoms with van der Waals surface area (Å²) in [6.07, 6.45) is 4.30. The van der Waals surface area contributed by atoms with Crippen molar-refractivity contribution in [2.75, 3.05) is 42.5 Å². The van der Waals surface area contributed by atoms with Crippen LogP contribution in [0.2, 0.25) is 5.02 Å². The maximum absolute atomic E-state index is 12.3. The second-order valence-electron chi connectivity index (χ2n) is 11.2. The molecule has 0 aliphatic carbocycles. The minimum absolute atomic E-state index is 0.0266. The van der Waals surface area contributed by atoms with Gasteiger partial charge in [-0.1, -0.05) is 35.9 Å². The predicted octanol–water partition coefficient (Wildman–Crippen LogP) is 4.91. The molecule has 0 saturated carbocycles. The molecule has 0 N–H and O–H groups in total. The van der Waals surface area contributed by atoms with E-state index in [4.69, 9.17) is 38.8 Å². The zero-order valence-corrected chi connectivity index (χ0v) is 27.0. The van der Waals surface area contributed by atoms with Crippen LogP contribution in [0.15, 0.2) is 59.8 Å². The van der Waals surface area contributed by atoms with Gasteiger partial charge in [-0.2, -0.15) is 0 Å². The van der Waals surface area contributed by atoms with Crippen molar-refractivity contribution in [3.63, 3.8) is 0 Å². The lowest BCUT2D eigenvalue weighted by molar-refractivity contribution is -0.131. The van der Waals surface area contributed by atoms with E-state index in [0.29, 0.717) is 61.9 Å². The van der Waals surface area contributed by atoms with E-state index in [9.17, 15) is 13.2 Å². The number of aromatic nitrogens is 3. The molecule has 4 aromatic rings. The average molecular weight is 665 g/mol. The Labute approximate surface area is 271 Å². The van der Waals surface area contributed by atoms with Crippen LogP contribution in [0.3, 0.4) is 0 Å². The van der Waals surface area contributed by atoms with Crippen molar-refractivity contribution in [1.82, 2.24) is 19.9 Å². The zero-order valence-electron chi connectivity index (χ0n) is 24.7. The molecule has 0 bridgehead atoms. The molecule has 0 radical (unpaired) electrons. The molecule has 1 atom stereocenters. The second kappa shape index (κ2) is 12.8. The molecule has 45 heavy (non-hydrogen) atoms. The number of benzene rings is 2. The number of aryl methyl sites for hydroxylation is 2. The van der Waals surface area contributed by atoms with Crippen LogP contribution in [0.4, 0.5) is 11.5 Å². The molecule has 232 valence electrons. The third-order valence-corrected chi connectivity index (χ3v) is 10.2. The van der Waals surface area contributed by atoms with Gasteiger partial charge in [-0.05, 0) is 42.0 Å². The molecule has 1 fully saturated rings. The van der Waals surface area contributed by atoms with E-state index < -0.39 is 9.05 Å². The van der Waals surface area contributed by atoms with Crippen LogP contribution >= 0.6 is 22.3 Å². The number of pyridine rings is 1. The van der Waals surface area contributed by atoms with Gasteiger partial charge >= 0.3 is 0 Å². The highest BCUT2D eigenvalue weighted by molar-refractivity contribution is 8.13. The minimum Gasteiger partial charge on any atom is -0.365 e. The van der Waals surface area contributed by atoms with Gasteiger partial charge in [0.1, 0.15) is 17.7 Å². The van der Waals surface area contributed by atoms with Crippen LogP contribution in [0.1, 0.15) is 29.6 Å². The van der Waals surface area contributed by atoms with Gasteiger partial charge in [-0.25, -0.2) is 25.0 Å². The molecule has 2 aliphatic rings. The molecule has 6 rings (SSSR count). The number of carbonyl (C=O) groups is 1. The Morgan fingerprint density at radius 3 is 2.62 bits per heavy atom. The Bertz CT molecular complexity index is 1930. The highest BCUT2D eigenvalue weighted by Crippen LogP contribution is 2.37. The van der Waals surface area contributed by atoms with Gasteiger partial charge in [0.05, 0.1) is 22.2 Å². The lowest BCUT2D eigenvalue weighted by Gasteiger charge is -2.41. The Kier molecular flexibility index (Phi) is 8.82. The molecule has 13 heteroatoms. The Hall–Kier alpha value is -3.98. The topological polar surface area (TPSA) is 104 Å². The number of halogens is 2. The number of nitrogens with zero attached hydrogens (tertiary/aromatic N) is 7. The van der Waals surface area contributed by atoms with Gasteiger partial charge in [0.25, 0.3) is 9.05 Å². The molecule has 2 aromatic carbocycles. The Morgan fingerprint density at radius 1 is 1.07 bits per heavy atom. The number of fused-ring (bicyclic) bond motifs is 2. The summed E-state index contributed by atoms with van der Waals surface area (Å²) in [7, 11) is 1.76. The van der Waals surface area contributed by atoms with E-state index in [2.05, 4.69) is 37.8 Å². The maximum atomic E-state index is 12.3. The largest absolute Gasteiger partial charge is 0.365 e. The molecule has 2 aromatic heterocycles. The first-order valence-corrected chi connectivity index (χ1v) is 17.4. The number of anilines is 2. The molecule has 1 amide bonds. The average Bonchev–Trinajstić information content (AvgIpc) is 3.02. The molecule has 4 heterocycles. The summed E-state index contributed by atoms with van der Waals surface area (Å²) in [5, 5.41) is 2.74. The van der Waals surface area contributed by atoms with Crippen molar-refractivity contribution in [2.24, 2.45) is 0 Å². The van der Waals surface area contributed by atoms with Crippen molar-refractivity contribution < 1.29 is 13.2 Å². The highest BCUT2D eigenvalue weighted by atomic mass is 35.7. The first kappa shape index (κ1) is 31.0. The number of amides is 1. The lowest BCUT2D eigenvalue weighted by atomic mass is 10.0. The standard InChI is InChI=1S/C32H31Cl2N7O3S/c1-21(42)41-16-15-40(19-24(41)18-35-2)32-25-12-14-39(28-8-4-6-22-5-3-7-26(33)31(22)28)20-27(25)37-30(38-32)10-9-23-17-36-13-11-29(23)45(34,43)44/h3-8,11,13,17,24H,9-10,12,14-16,18-20H2,1H3/t24-/m0/s1. The van der Waals surface area contributed by atoms with Crippen molar-refractivity contribution in [3.8, 4) is 0 Å². The van der Waals surface area contributed by atoms with E-state index in [1.807, 2.05) is 18.2 Å². The summed E-state index contributed by atoms with van der Waals surface area (Å²) < 4.78 is 24.4. The van der Waals surface area contributed by atoms with Gasteiger partial charge < -0.3 is 19.5 Å². The number of carbonyl (C=O) groups excluding carboxylic acids is 1. The third kappa shape index (κ3) is 6.41. The molecular weight excluding hydrogens is 633 g/mol. The molecule has 2 aliphatic heterocycles. The second-order valence-corrected chi connectivity index (χ2v) is 14.2. The predicted molar refractivity (Wildman–Crippen MR) is 175 cm³/mol. The van der Waals surface area contributed by atoms with E-state index in [0.717, 1.165) is 40.1 Å². The third-order valence-electron chi connectivity index (χ3n) is 8.49. The summed E-state index contributed by atoms with van der Waals surface area (Å²) in [6, 6.07) is 13.2. The molecule has 10 nitrogen and oxygen atoms in total. The fourth-order valence-electron chi connectivity index (χ4n) is 6.39.